The van der Waals surface area contributed by atoms with Gasteiger partial charge in [-0.25, -0.2) is 0 Å². The number of hydrogen-bond donors (Lipinski definition) is 0. The van der Waals surface area contributed by atoms with Crippen molar-refractivity contribution in [1.82, 2.24) is 9.78 Å². The monoisotopic (exact) mass is 290 g/mol. The molecule has 0 atom stereocenters. The predicted molar refractivity (Wildman–Crippen MR) is 76.4 cm³/mol. The second-order valence-corrected chi connectivity index (χ2v) is 5.37. The van der Waals surface area contributed by atoms with Crippen molar-refractivity contribution in [2.75, 3.05) is 0 Å². The number of hydrogen-bond acceptors (Lipinski definition) is 3. The molecule has 0 spiro atoms. The Morgan fingerprint density at radius 1 is 1.40 bits per heavy atom. The number of rotatable bonds is 3. The van der Waals surface area contributed by atoms with Gasteiger partial charge in [-0.2, -0.15) is 5.10 Å². The van der Waals surface area contributed by atoms with E-state index in [9.17, 15) is 4.79 Å². The first-order chi connectivity index (χ1) is 9.56. The molecule has 0 radical (unpaired) electrons. The van der Waals surface area contributed by atoms with Crippen molar-refractivity contribution in [2.24, 2.45) is 7.05 Å². The Bertz CT molecular complexity index is 691. The lowest BCUT2D eigenvalue weighted by Crippen LogP contribution is -1.98. The van der Waals surface area contributed by atoms with Crippen molar-refractivity contribution in [2.45, 2.75) is 26.4 Å². The summed E-state index contributed by atoms with van der Waals surface area (Å²) in [4.78, 5) is 11.6. The molecule has 2 aromatic rings. The molecule has 0 amide bonds. The number of Topliss-reactive ketones (excluding diaryl/α,β-unsaturated/α-hetero) is 1. The van der Waals surface area contributed by atoms with E-state index in [0.717, 1.165) is 34.6 Å². The van der Waals surface area contributed by atoms with Gasteiger partial charge in [0.25, 0.3) is 0 Å². The fourth-order valence-corrected chi connectivity index (χ4v) is 2.74. The first kappa shape index (κ1) is 13.2. The zero-order valence-corrected chi connectivity index (χ0v) is 12.2. The van der Waals surface area contributed by atoms with Gasteiger partial charge in [0.15, 0.2) is 5.78 Å². The largest absolute Gasteiger partial charge is 0.489 e. The van der Waals surface area contributed by atoms with Crippen LogP contribution in [0.3, 0.4) is 0 Å². The summed E-state index contributed by atoms with van der Waals surface area (Å²) in [6, 6.07) is 5.62. The average Bonchev–Trinajstić information content (AvgIpc) is 2.90. The summed E-state index contributed by atoms with van der Waals surface area (Å²) >= 11 is 6.17. The molecule has 0 saturated carbocycles. The number of ether oxygens (including phenoxy) is 1. The van der Waals surface area contributed by atoms with Gasteiger partial charge in [0.05, 0.1) is 5.69 Å². The fraction of sp³-hybridized carbons (Fsp3) is 0.333. The third kappa shape index (κ3) is 2.20. The SMILES string of the molecule is Cc1nn(C)c(Cl)c1COc1ccc2c(c1)CCC2=O. The molecule has 1 heterocycles. The molecule has 3 rings (SSSR count). The summed E-state index contributed by atoms with van der Waals surface area (Å²) in [5, 5.41) is 4.85. The zero-order valence-electron chi connectivity index (χ0n) is 11.4. The number of carbonyl (C=O) groups is 1. The smallest absolute Gasteiger partial charge is 0.163 e. The van der Waals surface area contributed by atoms with Gasteiger partial charge in [-0.15, -0.1) is 0 Å². The second-order valence-electron chi connectivity index (χ2n) is 5.01. The maximum Gasteiger partial charge on any atom is 0.163 e. The third-order valence-corrected chi connectivity index (χ3v) is 4.12. The quantitative estimate of drug-likeness (QED) is 0.872. The Balaban J connectivity index is 1.78. The van der Waals surface area contributed by atoms with E-state index in [1.807, 2.05) is 25.1 Å². The zero-order chi connectivity index (χ0) is 14.3. The van der Waals surface area contributed by atoms with Gasteiger partial charge in [0.2, 0.25) is 0 Å². The van der Waals surface area contributed by atoms with Gasteiger partial charge in [-0.05, 0) is 37.1 Å². The van der Waals surface area contributed by atoms with Crippen molar-refractivity contribution < 1.29 is 9.53 Å². The van der Waals surface area contributed by atoms with Crippen LogP contribution in [0.25, 0.3) is 0 Å². The maximum atomic E-state index is 11.6. The van der Waals surface area contributed by atoms with Crippen LogP contribution in [-0.4, -0.2) is 15.6 Å². The van der Waals surface area contributed by atoms with Crippen LogP contribution in [-0.2, 0) is 20.1 Å². The molecule has 0 N–H and O–H groups in total. The molecule has 5 heteroatoms. The van der Waals surface area contributed by atoms with E-state index in [1.54, 1.807) is 11.7 Å². The van der Waals surface area contributed by atoms with Gasteiger partial charge in [0, 0.05) is 24.6 Å². The van der Waals surface area contributed by atoms with E-state index in [2.05, 4.69) is 5.10 Å². The maximum absolute atomic E-state index is 11.6. The molecule has 20 heavy (non-hydrogen) atoms. The summed E-state index contributed by atoms with van der Waals surface area (Å²) in [7, 11) is 1.81. The topological polar surface area (TPSA) is 44.1 Å². The minimum absolute atomic E-state index is 0.220. The van der Waals surface area contributed by atoms with Crippen molar-refractivity contribution in [1.29, 1.82) is 0 Å². The van der Waals surface area contributed by atoms with Crippen LogP contribution in [0.1, 0.15) is 33.6 Å². The Hall–Kier alpha value is -1.81. The third-order valence-electron chi connectivity index (χ3n) is 3.65. The van der Waals surface area contributed by atoms with E-state index in [1.165, 1.54) is 0 Å². The van der Waals surface area contributed by atoms with Crippen LogP contribution >= 0.6 is 11.6 Å². The Kier molecular flexibility index (Phi) is 3.26. The van der Waals surface area contributed by atoms with E-state index in [-0.39, 0.29) is 5.78 Å². The lowest BCUT2D eigenvalue weighted by atomic mass is 10.1. The molecule has 0 aliphatic heterocycles. The van der Waals surface area contributed by atoms with Crippen molar-refractivity contribution in [3.05, 3.63) is 45.7 Å². The van der Waals surface area contributed by atoms with Crippen LogP contribution in [0.2, 0.25) is 5.15 Å². The van der Waals surface area contributed by atoms with Gasteiger partial charge in [0.1, 0.15) is 17.5 Å². The Morgan fingerprint density at radius 3 is 2.90 bits per heavy atom. The summed E-state index contributed by atoms with van der Waals surface area (Å²) in [5.74, 6) is 0.982. The van der Waals surface area contributed by atoms with Crippen molar-refractivity contribution >= 4 is 17.4 Å². The summed E-state index contributed by atoms with van der Waals surface area (Å²) in [5.41, 5.74) is 3.66. The lowest BCUT2D eigenvalue weighted by Gasteiger charge is -2.07. The molecular weight excluding hydrogens is 276 g/mol. The van der Waals surface area contributed by atoms with E-state index < -0.39 is 0 Å². The molecule has 4 nitrogen and oxygen atoms in total. The highest BCUT2D eigenvalue weighted by atomic mass is 35.5. The molecule has 0 bridgehead atoms. The van der Waals surface area contributed by atoms with Gasteiger partial charge < -0.3 is 4.74 Å². The molecule has 1 aromatic carbocycles. The number of aryl methyl sites for hydroxylation is 3. The number of benzene rings is 1. The molecule has 1 aliphatic rings. The minimum Gasteiger partial charge on any atom is -0.489 e. The highest BCUT2D eigenvalue weighted by molar-refractivity contribution is 6.30. The van der Waals surface area contributed by atoms with Gasteiger partial charge in [-0.3, -0.25) is 9.48 Å². The summed E-state index contributed by atoms with van der Waals surface area (Å²) < 4.78 is 7.41. The van der Waals surface area contributed by atoms with Crippen molar-refractivity contribution in [3.8, 4) is 5.75 Å². The van der Waals surface area contributed by atoms with Crippen LogP contribution in [0, 0.1) is 6.92 Å². The molecule has 0 unspecified atom stereocenters. The number of halogens is 1. The number of nitrogens with zero attached hydrogens (tertiary/aromatic N) is 2. The average molecular weight is 291 g/mol. The summed E-state index contributed by atoms with van der Waals surface area (Å²) in [6.07, 6.45) is 1.41. The molecule has 0 fully saturated rings. The molecule has 1 aromatic heterocycles. The first-order valence-electron chi connectivity index (χ1n) is 6.53. The molecular formula is C15H15ClN2O2. The highest BCUT2D eigenvalue weighted by Crippen LogP contribution is 2.27. The van der Waals surface area contributed by atoms with Crippen molar-refractivity contribution in [3.63, 3.8) is 0 Å². The van der Waals surface area contributed by atoms with Crippen LogP contribution in [0.5, 0.6) is 5.75 Å². The second kappa shape index (κ2) is 4.94. The number of ketones is 1. The molecule has 104 valence electrons. The highest BCUT2D eigenvalue weighted by Gasteiger charge is 2.19. The standard InChI is InChI=1S/C15H15ClN2O2/c1-9-13(15(16)18(2)17-9)8-20-11-4-5-12-10(7-11)3-6-14(12)19/h4-5,7H,3,6,8H2,1-2H3. The van der Waals surface area contributed by atoms with E-state index in [0.29, 0.717) is 18.2 Å². The number of fused-ring (bicyclic) bond motifs is 1. The van der Waals surface area contributed by atoms with E-state index >= 15 is 0 Å². The number of carbonyl (C=O) groups excluding carboxylic acids is 1. The molecule has 0 saturated heterocycles. The first-order valence-corrected chi connectivity index (χ1v) is 6.91. The van der Waals surface area contributed by atoms with Gasteiger partial charge in [-0.1, -0.05) is 11.6 Å². The normalized spacial score (nSPS) is 13.7. The van der Waals surface area contributed by atoms with Crippen LogP contribution < -0.4 is 4.74 Å². The minimum atomic E-state index is 0.220. The number of aromatic nitrogens is 2. The fourth-order valence-electron chi connectivity index (χ4n) is 2.51. The van der Waals surface area contributed by atoms with Crippen LogP contribution in [0.4, 0.5) is 0 Å². The van der Waals surface area contributed by atoms with Gasteiger partial charge >= 0.3 is 0 Å². The molecule has 1 aliphatic carbocycles. The lowest BCUT2D eigenvalue weighted by molar-refractivity contribution is 0.0994. The summed E-state index contributed by atoms with van der Waals surface area (Å²) in [6.45, 7) is 2.29. The predicted octanol–water partition coefficient (Wildman–Crippen LogP) is 3.09. The Morgan fingerprint density at radius 2 is 2.20 bits per heavy atom. The Labute approximate surface area is 122 Å². The van der Waals surface area contributed by atoms with Crippen LogP contribution in [0.15, 0.2) is 18.2 Å². The van der Waals surface area contributed by atoms with E-state index in [4.69, 9.17) is 16.3 Å².